The van der Waals surface area contributed by atoms with Gasteiger partial charge in [-0.1, -0.05) is 26.8 Å². The Morgan fingerprint density at radius 3 is 2.40 bits per heavy atom. The molecule has 1 aromatic heterocycles. The highest BCUT2D eigenvalue weighted by atomic mass is 16.2. The number of nitrogens with one attached hydrogen (secondary N) is 1. The van der Waals surface area contributed by atoms with E-state index in [4.69, 9.17) is 5.73 Å². The van der Waals surface area contributed by atoms with E-state index in [0.29, 0.717) is 24.9 Å². The Morgan fingerprint density at radius 2 is 1.80 bits per heavy atom. The van der Waals surface area contributed by atoms with Crippen LogP contribution in [0.1, 0.15) is 58.6 Å². The molecule has 1 aliphatic rings. The van der Waals surface area contributed by atoms with E-state index in [1.807, 2.05) is 36.2 Å². The average Bonchev–Trinajstić information content (AvgIpc) is 2.84. The number of pyridine rings is 1. The number of amides is 2. The molecular formula is C28H41N5O2. The maximum absolute atomic E-state index is 12.7. The number of likely N-dealkylation sites (tertiary alicyclic amines) is 1. The number of nitrogens with zero attached hydrogens (tertiary/aromatic N) is 3. The first-order valence-corrected chi connectivity index (χ1v) is 12.9. The molecule has 0 radical (unpaired) electrons. The predicted octanol–water partition coefficient (Wildman–Crippen LogP) is 4.44. The van der Waals surface area contributed by atoms with Crippen molar-refractivity contribution in [1.29, 1.82) is 0 Å². The number of anilines is 2. The molecule has 7 heteroatoms. The van der Waals surface area contributed by atoms with Gasteiger partial charge in [0.2, 0.25) is 11.8 Å². The van der Waals surface area contributed by atoms with Crippen LogP contribution in [0.3, 0.4) is 0 Å². The van der Waals surface area contributed by atoms with Crippen molar-refractivity contribution in [1.82, 2.24) is 9.88 Å². The zero-order valence-corrected chi connectivity index (χ0v) is 21.5. The summed E-state index contributed by atoms with van der Waals surface area (Å²) in [6.07, 6.45) is 5.49. The first-order chi connectivity index (χ1) is 16.8. The molecule has 1 atom stereocenters. The number of hydrogen-bond donors (Lipinski definition) is 2. The van der Waals surface area contributed by atoms with E-state index in [1.165, 1.54) is 5.69 Å². The molecule has 7 nitrogen and oxygen atoms in total. The smallest absolute Gasteiger partial charge is 0.222 e. The van der Waals surface area contributed by atoms with Crippen molar-refractivity contribution in [2.75, 3.05) is 29.9 Å². The second-order valence-corrected chi connectivity index (χ2v) is 10.2. The number of carbonyl (C=O) groups is 2. The molecule has 2 amide bonds. The number of hydrogen-bond acceptors (Lipinski definition) is 5. The minimum atomic E-state index is -0.345. The van der Waals surface area contributed by atoms with E-state index in [2.05, 4.69) is 53.3 Å². The standard InChI is InChI=1S/C28H41N5O2/c1-21(2)11-17-33(25-9-7-23(8-10-25)31-20-24-6-4-5-14-30-24)26-12-15-32(16-13-26)28(35)19-22(3)18-27(29)34/h4-10,14,21-22,26,31H,11-13,15-20H2,1-3H3,(H2,29,34). The van der Waals surface area contributed by atoms with E-state index in [9.17, 15) is 9.59 Å². The number of piperidine rings is 1. The summed E-state index contributed by atoms with van der Waals surface area (Å²) in [4.78, 5) is 32.7. The molecular weight excluding hydrogens is 438 g/mol. The Kier molecular flexibility index (Phi) is 9.94. The topological polar surface area (TPSA) is 91.6 Å². The van der Waals surface area contributed by atoms with Crippen LogP contribution in [0.5, 0.6) is 0 Å². The Balaban J connectivity index is 1.58. The maximum Gasteiger partial charge on any atom is 0.222 e. The van der Waals surface area contributed by atoms with Gasteiger partial charge in [-0.15, -0.1) is 0 Å². The lowest BCUT2D eigenvalue weighted by Gasteiger charge is -2.40. The molecule has 2 heterocycles. The van der Waals surface area contributed by atoms with Gasteiger partial charge in [0.25, 0.3) is 0 Å². The van der Waals surface area contributed by atoms with Crippen molar-refractivity contribution >= 4 is 23.2 Å². The molecule has 0 spiro atoms. The zero-order valence-electron chi connectivity index (χ0n) is 21.5. The van der Waals surface area contributed by atoms with E-state index in [-0.39, 0.29) is 24.2 Å². The summed E-state index contributed by atoms with van der Waals surface area (Å²) in [5.74, 6) is 0.410. The number of rotatable bonds is 12. The summed E-state index contributed by atoms with van der Waals surface area (Å²) in [5.41, 5.74) is 8.60. The maximum atomic E-state index is 12.7. The molecule has 0 saturated carbocycles. The summed E-state index contributed by atoms with van der Waals surface area (Å²) in [6, 6.07) is 15.0. The zero-order chi connectivity index (χ0) is 25.2. The molecule has 3 rings (SSSR count). The molecule has 2 aromatic rings. The number of nitrogens with two attached hydrogens (primary N) is 1. The highest BCUT2D eigenvalue weighted by Gasteiger charge is 2.28. The Hall–Kier alpha value is -3.09. The highest BCUT2D eigenvalue weighted by molar-refractivity contribution is 5.78. The first-order valence-electron chi connectivity index (χ1n) is 12.9. The SMILES string of the molecule is CC(C)CCN(c1ccc(NCc2ccccn2)cc1)C1CCN(C(=O)CC(C)CC(N)=O)CC1. The number of carbonyl (C=O) groups excluding carboxylic acids is 2. The molecule has 1 aromatic carbocycles. The summed E-state index contributed by atoms with van der Waals surface area (Å²) < 4.78 is 0. The van der Waals surface area contributed by atoms with Gasteiger partial charge in [0.15, 0.2) is 0 Å². The average molecular weight is 480 g/mol. The molecule has 1 fully saturated rings. The summed E-state index contributed by atoms with van der Waals surface area (Å²) >= 11 is 0. The van der Waals surface area contributed by atoms with Crippen LogP contribution in [0.25, 0.3) is 0 Å². The van der Waals surface area contributed by atoms with Crippen molar-refractivity contribution < 1.29 is 9.59 Å². The van der Waals surface area contributed by atoms with Gasteiger partial charge < -0.3 is 20.9 Å². The van der Waals surface area contributed by atoms with Crippen LogP contribution in [0.15, 0.2) is 48.7 Å². The lowest BCUT2D eigenvalue weighted by atomic mass is 9.98. The Labute approximate surface area is 210 Å². The van der Waals surface area contributed by atoms with Gasteiger partial charge in [0.1, 0.15) is 0 Å². The molecule has 1 saturated heterocycles. The number of primary amides is 1. The monoisotopic (exact) mass is 479 g/mol. The summed E-state index contributed by atoms with van der Waals surface area (Å²) in [5, 5.41) is 3.45. The first kappa shape index (κ1) is 26.5. The normalized spacial score (nSPS) is 15.1. The number of aromatic nitrogens is 1. The van der Waals surface area contributed by atoms with Crippen LogP contribution >= 0.6 is 0 Å². The van der Waals surface area contributed by atoms with Gasteiger partial charge in [0, 0.05) is 56.1 Å². The van der Waals surface area contributed by atoms with Gasteiger partial charge >= 0.3 is 0 Å². The van der Waals surface area contributed by atoms with Crippen LogP contribution in [0.4, 0.5) is 11.4 Å². The van der Waals surface area contributed by atoms with Gasteiger partial charge in [0.05, 0.1) is 12.2 Å². The highest BCUT2D eigenvalue weighted by Crippen LogP contribution is 2.27. The molecule has 3 N–H and O–H groups in total. The van der Waals surface area contributed by atoms with Crippen LogP contribution in [-0.4, -0.2) is 47.4 Å². The quantitative estimate of drug-likeness (QED) is 0.470. The Morgan fingerprint density at radius 1 is 1.09 bits per heavy atom. The second kappa shape index (κ2) is 13.1. The van der Waals surface area contributed by atoms with Crippen molar-refractivity contribution in [3.63, 3.8) is 0 Å². The van der Waals surface area contributed by atoms with Crippen molar-refractivity contribution in [3.05, 3.63) is 54.4 Å². The fourth-order valence-corrected chi connectivity index (χ4v) is 4.66. The molecule has 190 valence electrons. The molecule has 1 aliphatic heterocycles. The van der Waals surface area contributed by atoms with Gasteiger partial charge in [-0.2, -0.15) is 0 Å². The van der Waals surface area contributed by atoms with Crippen LogP contribution in [0, 0.1) is 11.8 Å². The predicted molar refractivity (Wildman–Crippen MR) is 142 cm³/mol. The fourth-order valence-electron chi connectivity index (χ4n) is 4.66. The molecule has 0 bridgehead atoms. The third-order valence-corrected chi connectivity index (χ3v) is 6.68. The van der Waals surface area contributed by atoms with Crippen molar-refractivity contribution in [2.24, 2.45) is 17.6 Å². The Bertz CT molecular complexity index is 924. The largest absolute Gasteiger partial charge is 0.379 e. The third kappa shape index (κ3) is 8.57. The van der Waals surface area contributed by atoms with Gasteiger partial charge in [-0.05, 0) is 67.5 Å². The van der Waals surface area contributed by atoms with Gasteiger partial charge in [-0.25, -0.2) is 0 Å². The van der Waals surface area contributed by atoms with Crippen LogP contribution < -0.4 is 16.0 Å². The second-order valence-electron chi connectivity index (χ2n) is 10.2. The molecule has 1 unspecified atom stereocenters. The van der Waals surface area contributed by atoms with Crippen LogP contribution in [-0.2, 0) is 16.1 Å². The lowest BCUT2D eigenvalue weighted by molar-refractivity contribution is -0.133. The minimum Gasteiger partial charge on any atom is -0.379 e. The van der Waals surface area contributed by atoms with Gasteiger partial charge in [-0.3, -0.25) is 14.6 Å². The van der Waals surface area contributed by atoms with E-state index in [1.54, 1.807) is 0 Å². The van der Waals surface area contributed by atoms with Crippen molar-refractivity contribution in [2.45, 2.75) is 65.5 Å². The number of benzene rings is 1. The third-order valence-electron chi connectivity index (χ3n) is 6.68. The van der Waals surface area contributed by atoms with Crippen LogP contribution in [0.2, 0.25) is 0 Å². The fraction of sp³-hybridized carbons (Fsp3) is 0.536. The van der Waals surface area contributed by atoms with E-state index < -0.39 is 0 Å². The molecule has 35 heavy (non-hydrogen) atoms. The lowest BCUT2D eigenvalue weighted by Crippen LogP contribution is -2.47. The van der Waals surface area contributed by atoms with E-state index in [0.717, 1.165) is 50.3 Å². The molecule has 0 aliphatic carbocycles. The summed E-state index contributed by atoms with van der Waals surface area (Å²) in [7, 11) is 0. The summed E-state index contributed by atoms with van der Waals surface area (Å²) in [6.45, 7) is 9.66. The van der Waals surface area contributed by atoms with E-state index >= 15 is 0 Å². The van der Waals surface area contributed by atoms with Crippen molar-refractivity contribution in [3.8, 4) is 0 Å². The minimum absolute atomic E-state index is 0.00920.